The zero-order valence-corrected chi connectivity index (χ0v) is 15.1. The molecule has 0 bridgehead atoms. The quantitative estimate of drug-likeness (QED) is 0.661. The largest absolute Gasteiger partial charge is 0.486 e. The number of benzene rings is 1. The number of fused-ring (bicyclic) bond motifs is 1. The standard InChI is InChI=1S/C19H17N5O4/c1-24-18(26)9-14(13-4-5-20-11-22-13)23-19(24)21-10-15(25)12-2-3-16-17(8-12)28-7-6-27-16/h2-5,8-9,11H,6-7,10H2,1H3,(H,21,23). The molecule has 1 aromatic carbocycles. The van der Waals surface area contributed by atoms with E-state index in [1.54, 1.807) is 37.5 Å². The number of hydrogen-bond acceptors (Lipinski definition) is 8. The Labute approximate surface area is 160 Å². The number of Topliss-reactive ketones (excluding diaryl/α,β-unsaturated/α-hetero) is 1. The lowest BCUT2D eigenvalue weighted by atomic mass is 10.1. The summed E-state index contributed by atoms with van der Waals surface area (Å²) in [5.74, 6) is 1.27. The number of carbonyl (C=O) groups excluding carboxylic acids is 1. The highest BCUT2D eigenvalue weighted by Crippen LogP contribution is 2.30. The van der Waals surface area contributed by atoms with E-state index < -0.39 is 0 Å². The highest BCUT2D eigenvalue weighted by atomic mass is 16.6. The molecule has 9 heteroatoms. The van der Waals surface area contributed by atoms with Crippen molar-refractivity contribution in [3.63, 3.8) is 0 Å². The van der Waals surface area contributed by atoms with Crippen LogP contribution in [0.1, 0.15) is 10.4 Å². The van der Waals surface area contributed by atoms with Crippen LogP contribution in [0.4, 0.5) is 5.95 Å². The number of anilines is 1. The highest BCUT2D eigenvalue weighted by Gasteiger charge is 2.16. The first-order valence-electron chi connectivity index (χ1n) is 8.63. The summed E-state index contributed by atoms with van der Waals surface area (Å²) in [4.78, 5) is 37.2. The van der Waals surface area contributed by atoms with Crippen molar-refractivity contribution < 1.29 is 14.3 Å². The number of carbonyl (C=O) groups is 1. The fraction of sp³-hybridized carbons (Fsp3) is 0.211. The van der Waals surface area contributed by atoms with Gasteiger partial charge in [0.15, 0.2) is 17.3 Å². The Morgan fingerprint density at radius 3 is 2.75 bits per heavy atom. The molecule has 0 radical (unpaired) electrons. The van der Waals surface area contributed by atoms with E-state index in [9.17, 15) is 9.59 Å². The molecule has 9 nitrogen and oxygen atoms in total. The molecule has 4 rings (SSSR count). The van der Waals surface area contributed by atoms with Crippen molar-refractivity contribution in [1.29, 1.82) is 0 Å². The molecule has 1 aliphatic heterocycles. The van der Waals surface area contributed by atoms with Crippen LogP contribution in [0.25, 0.3) is 11.4 Å². The van der Waals surface area contributed by atoms with E-state index in [2.05, 4.69) is 20.3 Å². The Morgan fingerprint density at radius 2 is 1.96 bits per heavy atom. The molecule has 28 heavy (non-hydrogen) atoms. The van der Waals surface area contributed by atoms with Gasteiger partial charge in [-0.25, -0.2) is 15.0 Å². The Bertz CT molecular complexity index is 1080. The van der Waals surface area contributed by atoms with Crippen LogP contribution in [0, 0.1) is 0 Å². The first-order valence-corrected chi connectivity index (χ1v) is 8.63. The molecular weight excluding hydrogens is 362 g/mol. The molecule has 0 saturated carbocycles. The van der Waals surface area contributed by atoms with Crippen LogP contribution in [0.2, 0.25) is 0 Å². The summed E-state index contributed by atoms with van der Waals surface area (Å²) in [5, 5.41) is 2.93. The second-order valence-electron chi connectivity index (χ2n) is 6.09. The van der Waals surface area contributed by atoms with Crippen LogP contribution in [-0.2, 0) is 7.05 Å². The van der Waals surface area contributed by atoms with Gasteiger partial charge >= 0.3 is 0 Å². The van der Waals surface area contributed by atoms with E-state index in [0.717, 1.165) is 0 Å². The summed E-state index contributed by atoms with van der Waals surface area (Å²) in [7, 11) is 1.58. The molecule has 0 amide bonds. The van der Waals surface area contributed by atoms with E-state index in [-0.39, 0.29) is 23.8 Å². The molecule has 2 aromatic heterocycles. The average Bonchev–Trinajstić information content (AvgIpc) is 2.74. The van der Waals surface area contributed by atoms with E-state index in [0.29, 0.717) is 41.7 Å². The van der Waals surface area contributed by atoms with Crippen molar-refractivity contribution >= 4 is 11.7 Å². The van der Waals surface area contributed by atoms with Crippen molar-refractivity contribution in [1.82, 2.24) is 19.5 Å². The third-order valence-corrected chi connectivity index (χ3v) is 4.25. The van der Waals surface area contributed by atoms with Gasteiger partial charge in [0.25, 0.3) is 5.56 Å². The van der Waals surface area contributed by atoms with Crippen molar-refractivity contribution in [2.24, 2.45) is 7.05 Å². The van der Waals surface area contributed by atoms with Gasteiger partial charge in [-0.15, -0.1) is 0 Å². The molecule has 0 atom stereocenters. The van der Waals surface area contributed by atoms with Gasteiger partial charge in [0.1, 0.15) is 19.5 Å². The minimum absolute atomic E-state index is 0.0346. The van der Waals surface area contributed by atoms with Gasteiger partial charge in [0.05, 0.1) is 17.9 Å². The number of ketones is 1. The van der Waals surface area contributed by atoms with Gasteiger partial charge in [-0.1, -0.05) is 0 Å². The minimum Gasteiger partial charge on any atom is -0.486 e. The second-order valence-corrected chi connectivity index (χ2v) is 6.09. The predicted octanol–water partition coefficient (Wildman–Crippen LogP) is 1.30. The number of ether oxygens (including phenoxy) is 2. The van der Waals surface area contributed by atoms with Gasteiger partial charge in [-0.2, -0.15) is 0 Å². The minimum atomic E-state index is -0.266. The maximum absolute atomic E-state index is 12.6. The zero-order valence-electron chi connectivity index (χ0n) is 15.1. The van der Waals surface area contributed by atoms with Crippen LogP contribution in [0.3, 0.4) is 0 Å². The van der Waals surface area contributed by atoms with Crippen LogP contribution in [0.15, 0.2) is 47.7 Å². The molecule has 3 heterocycles. The summed E-state index contributed by atoms with van der Waals surface area (Å²) in [5.41, 5.74) is 1.14. The van der Waals surface area contributed by atoms with Gasteiger partial charge < -0.3 is 14.8 Å². The summed E-state index contributed by atoms with van der Waals surface area (Å²) >= 11 is 0. The lowest BCUT2D eigenvalue weighted by Crippen LogP contribution is -2.25. The maximum atomic E-state index is 12.6. The van der Waals surface area contributed by atoms with Crippen LogP contribution < -0.4 is 20.3 Å². The SMILES string of the molecule is Cn1c(NCC(=O)c2ccc3c(c2)OCCO3)nc(-c2ccncn2)cc1=O. The molecule has 0 unspecified atom stereocenters. The number of hydrogen-bond donors (Lipinski definition) is 1. The smallest absolute Gasteiger partial charge is 0.255 e. The number of rotatable bonds is 5. The Kier molecular flexibility index (Phi) is 4.71. The number of nitrogens with one attached hydrogen (secondary N) is 1. The lowest BCUT2D eigenvalue weighted by Gasteiger charge is -2.18. The van der Waals surface area contributed by atoms with E-state index in [1.165, 1.54) is 17.0 Å². The van der Waals surface area contributed by atoms with Crippen molar-refractivity contribution in [2.45, 2.75) is 0 Å². The molecular formula is C19H17N5O4. The predicted molar refractivity (Wildman–Crippen MR) is 101 cm³/mol. The Morgan fingerprint density at radius 1 is 1.14 bits per heavy atom. The van der Waals surface area contributed by atoms with Crippen molar-refractivity contribution in [2.75, 3.05) is 25.1 Å². The van der Waals surface area contributed by atoms with Gasteiger partial charge in [-0.05, 0) is 24.3 Å². The third kappa shape index (κ3) is 3.54. The number of aromatic nitrogens is 4. The van der Waals surface area contributed by atoms with Crippen LogP contribution in [0.5, 0.6) is 11.5 Å². The fourth-order valence-corrected chi connectivity index (χ4v) is 2.75. The van der Waals surface area contributed by atoms with E-state index in [4.69, 9.17) is 9.47 Å². The van der Waals surface area contributed by atoms with Gasteiger partial charge in [-0.3, -0.25) is 14.2 Å². The molecule has 3 aromatic rings. The summed E-state index contributed by atoms with van der Waals surface area (Å²) < 4.78 is 12.3. The van der Waals surface area contributed by atoms with Gasteiger partial charge in [0.2, 0.25) is 5.95 Å². The maximum Gasteiger partial charge on any atom is 0.255 e. The van der Waals surface area contributed by atoms with E-state index >= 15 is 0 Å². The molecule has 0 fully saturated rings. The molecule has 142 valence electrons. The number of nitrogens with zero attached hydrogens (tertiary/aromatic N) is 4. The molecule has 1 aliphatic rings. The zero-order chi connectivity index (χ0) is 19.5. The molecule has 0 aliphatic carbocycles. The van der Waals surface area contributed by atoms with Gasteiger partial charge in [0, 0.05) is 24.9 Å². The van der Waals surface area contributed by atoms with Crippen LogP contribution in [-0.4, -0.2) is 45.1 Å². The van der Waals surface area contributed by atoms with E-state index in [1.807, 2.05) is 0 Å². The first kappa shape index (κ1) is 17.7. The fourth-order valence-electron chi connectivity index (χ4n) is 2.75. The summed E-state index contributed by atoms with van der Waals surface area (Å²) in [6, 6.07) is 8.09. The average molecular weight is 379 g/mol. The summed E-state index contributed by atoms with van der Waals surface area (Å²) in [6.45, 7) is 0.905. The topological polar surface area (TPSA) is 108 Å². The normalized spacial score (nSPS) is 12.5. The Balaban J connectivity index is 1.54. The molecule has 0 spiro atoms. The van der Waals surface area contributed by atoms with Crippen molar-refractivity contribution in [3.8, 4) is 22.9 Å². The lowest BCUT2D eigenvalue weighted by molar-refractivity contribution is 0.100. The second kappa shape index (κ2) is 7.47. The van der Waals surface area contributed by atoms with Crippen molar-refractivity contribution in [3.05, 3.63) is 58.8 Å². The Hall–Kier alpha value is -3.75. The summed E-state index contributed by atoms with van der Waals surface area (Å²) in [6.07, 6.45) is 2.95. The first-order chi connectivity index (χ1) is 13.6. The molecule has 1 N–H and O–H groups in total. The van der Waals surface area contributed by atoms with Crippen LogP contribution >= 0.6 is 0 Å². The monoisotopic (exact) mass is 379 g/mol. The third-order valence-electron chi connectivity index (χ3n) is 4.25. The highest BCUT2D eigenvalue weighted by molar-refractivity contribution is 5.99. The molecule has 0 saturated heterocycles.